The smallest absolute Gasteiger partial charge is 0.330 e. The van der Waals surface area contributed by atoms with Crippen molar-refractivity contribution < 1.29 is 14.7 Å². The molecule has 1 rings (SSSR count). The van der Waals surface area contributed by atoms with Crippen LogP contribution in [0.25, 0.3) is 0 Å². The Morgan fingerprint density at radius 3 is 2.33 bits per heavy atom. The van der Waals surface area contributed by atoms with Gasteiger partial charge in [-0.05, 0) is 17.6 Å². The molecular weight excluding hydrogens is 230 g/mol. The molecule has 0 radical (unpaired) electrons. The molecule has 1 aromatic rings. The number of allylic oxidation sites excluding steroid dienone is 1. The Hall–Kier alpha value is -2.10. The fraction of sp³-hybridized carbons (Fsp3) is 0.286. The normalized spacial score (nSPS) is 12.6. The molecule has 0 aromatic heterocycles. The Kier molecular flexibility index (Phi) is 5.11. The number of amides is 1. The molecule has 2 N–H and O–H groups in total. The van der Waals surface area contributed by atoms with E-state index in [0.29, 0.717) is 5.56 Å². The molecule has 0 spiro atoms. The second-order valence-corrected chi connectivity index (χ2v) is 4.29. The first-order chi connectivity index (χ1) is 8.50. The number of carboxylic acids is 1. The molecule has 1 unspecified atom stereocenters. The minimum Gasteiger partial charge on any atom is -0.479 e. The van der Waals surface area contributed by atoms with Crippen LogP contribution < -0.4 is 5.32 Å². The topological polar surface area (TPSA) is 66.4 Å². The van der Waals surface area contributed by atoms with Crippen LogP contribution in [0.5, 0.6) is 0 Å². The molecule has 4 heteroatoms. The van der Waals surface area contributed by atoms with Gasteiger partial charge in [-0.15, -0.1) is 0 Å². The predicted molar refractivity (Wildman–Crippen MR) is 68.9 cm³/mol. The zero-order chi connectivity index (χ0) is 13.5. The van der Waals surface area contributed by atoms with Crippen molar-refractivity contribution in [1.82, 2.24) is 5.32 Å². The molecule has 0 aliphatic carbocycles. The lowest BCUT2D eigenvalue weighted by Crippen LogP contribution is -2.32. The molecule has 1 atom stereocenters. The van der Waals surface area contributed by atoms with E-state index in [1.807, 2.05) is 13.8 Å². The second-order valence-electron chi connectivity index (χ2n) is 4.29. The van der Waals surface area contributed by atoms with Crippen LogP contribution in [0, 0.1) is 5.92 Å². The summed E-state index contributed by atoms with van der Waals surface area (Å²) in [5, 5.41) is 11.6. The second kappa shape index (κ2) is 6.59. The Morgan fingerprint density at radius 2 is 1.83 bits per heavy atom. The number of carbonyl (C=O) groups excluding carboxylic acids is 1. The van der Waals surface area contributed by atoms with Crippen molar-refractivity contribution in [2.24, 2.45) is 5.92 Å². The molecule has 0 heterocycles. The average Bonchev–Trinajstić information content (AvgIpc) is 2.34. The zero-order valence-electron chi connectivity index (χ0n) is 10.5. The lowest BCUT2D eigenvalue weighted by molar-refractivity contribution is -0.141. The van der Waals surface area contributed by atoms with Gasteiger partial charge in [0.2, 0.25) is 5.91 Å². The summed E-state index contributed by atoms with van der Waals surface area (Å²) in [4.78, 5) is 22.7. The fourth-order valence-electron chi connectivity index (χ4n) is 1.40. The van der Waals surface area contributed by atoms with Gasteiger partial charge in [0.1, 0.15) is 0 Å². The van der Waals surface area contributed by atoms with Gasteiger partial charge >= 0.3 is 5.97 Å². The molecule has 96 valence electrons. The molecule has 0 aliphatic heterocycles. The van der Waals surface area contributed by atoms with Gasteiger partial charge in [0.15, 0.2) is 6.04 Å². The van der Waals surface area contributed by atoms with Crippen molar-refractivity contribution in [3.05, 3.63) is 48.0 Å². The summed E-state index contributed by atoms with van der Waals surface area (Å²) in [5.41, 5.74) is 0.552. The third kappa shape index (κ3) is 4.41. The first-order valence-corrected chi connectivity index (χ1v) is 5.77. The third-order valence-corrected chi connectivity index (χ3v) is 2.30. The van der Waals surface area contributed by atoms with Gasteiger partial charge in [-0.1, -0.05) is 50.3 Å². The van der Waals surface area contributed by atoms with E-state index < -0.39 is 17.9 Å². The van der Waals surface area contributed by atoms with E-state index in [1.54, 1.807) is 36.4 Å². The van der Waals surface area contributed by atoms with Crippen LogP contribution in [0.1, 0.15) is 25.5 Å². The van der Waals surface area contributed by atoms with Gasteiger partial charge in [-0.3, -0.25) is 4.79 Å². The molecule has 0 saturated carbocycles. The average molecular weight is 247 g/mol. The summed E-state index contributed by atoms with van der Waals surface area (Å²) >= 11 is 0. The summed E-state index contributed by atoms with van der Waals surface area (Å²) in [6.45, 7) is 3.88. The van der Waals surface area contributed by atoms with Gasteiger partial charge in [0.05, 0.1) is 0 Å². The highest BCUT2D eigenvalue weighted by Crippen LogP contribution is 2.12. The number of rotatable bonds is 5. The number of benzene rings is 1. The number of carboxylic acid groups (broad SMARTS) is 1. The van der Waals surface area contributed by atoms with E-state index in [0.717, 1.165) is 0 Å². The van der Waals surface area contributed by atoms with Crippen molar-refractivity contribution in [2.75, 3.05) is 0 Å². The maximum absolute atomic E-state index is 11.6. The van der Waals surface area contributed by atoms with E-state index in [-0.39, 0.29) is 5.92 Å². The Morgan fingerprint density at radius 1 is 1.22 bits per heavy atom. The monoisotopic (exact) mass is 247 g/mol. The Labute approximate surface area is 106 Å². The maximum atomic E-state index is 11.6. The van der Waals surface area contributed by atoms with E-state index in [2.05, 4.69) is 5.32 Å². The SMILES string of the molecule is CC(C)/C=C/C(=O)NC(C(=O)O)c1ccccc1. The van der Waals surface area contributed by atoms with E-state index in [9.17, 15) is 9.59 Å². The van der Waals surface area contributed by atoms with Gasteiger partial charge in [0, 0.05) is 0 Å². The predicted octanol–water partition coefficient (Wildman–Crippen LogP) is 2.14. The minimum absolute atomic E-state index is 0.246. The molecule has 0 fully saturated rings. The van der Waals surface area contributed by atoms with Crippen LogP contribution in [-0.2, 0) is 9.59 Å². The molecular formula is C14H17NO3. The van der Waals surface area contributed by atoms with E-state index in [4.69, 9.17) is 5.11 Å². The number of hydrogen-bond acceptors (Lipinski definition) is 2. The van der Waals surface area contributed by atoms with Crippen LogP contribution in [0.3, 0.4) is 0 Å². The van der Waals surface area contributed by atoms with Crippen LogP contribution >= 0.6 is 0 Å². The van der Waals surface area contributed by atoms with Gasteiger partial charge in [0.25, 0.3) is 0 Å². The maximum Gasteiger partial charge on any atom is 0.330 e. The van der Waals surface area contributed by atoms with Gasteiger partial charge < -0.3 is 10.4 Å². The number of carbonyl (C=O) groups is 2. The highest BCUT2D eigenvalue weighted by molar-refractivity contribution is 5.91. The number of aliphatic carboxylic acids is 1. The lowest BCUT2D eigenvalue weighted by Gasteiger charge is -2.13. The fourth-order valence-corrected chi connectivity index (χ4v) is 1.40. The molecule has 0 bridgehead atoms. The number of hydrogen-bond donors (Lipinski definition) is 2. The highest BCUT2D eigenvalue weighted by Gasteiger charge is 2.20. The summed E-state index contributed by atoms with van der Waals surface area (Å²) in [5.74, 6) is -1.23. The highest BCUT2D eigenvalue weighted by atomic mass is 16.4. The molecule has 1 amide bonds. The zero-order valence-corrected chi connectivity index (χ0v) is 10.5. The largest absolute Gasteiger partial charge is 0.479 e. The molecule has 0 saturated heterocycles. The summed E-state index contributed by atoms with van der Waals surface area (Å²) in [6, 6.07) is 7.60. The molecule has 1 aromatic carbocycles. The summed E-state index contributed by atoms with van der Waals surface area (Å²) in [6.07, 6.45) is 3.09. The van der Waals surface area contributed by atoms with Gasteiger partial charge in [-0.25, -0.2) is 4.79 Å². The summed E-state index contributed by atoms with van der Waals surface area (Å²) < 4.78 is 0. The van der Waals surface area contributed by atoms with Crippen molar-refractivity contribution in [3.8, 4) is 0 Å². The van der Waals surface area contributed by atoms with Crippen molar-refractivity contribution >= 4 is 11.9 Å². The standard InChI is InChI=1S/C14H17NO3/c1-10(2)8-9-12(16)15-13(14(17)18)11-6-4-3-5-7-11/h3-10,13H,1-2H3,(H,15,16)(H,17,18)/b9-8+. The quantitative estimate of drug-likeness (QED) is 0.783. The minimum atomic E-state index is -1.08. The van der Waals surface area contributed by atoms with Crippen molar-refractivity contribution in [3.63, 3.8) is 0 Å². The third-order valence-electron chi connectivity index (χ3n) is 2.30. The summed E-state index contributed by atoms with van der Waals surface area (Å²) in [7, 11) is 0. The Balaban J connectivity index is 2.77. The van der Waals surface area contributed by atoms with Crippen LogP contribution in [0.2, 0.25) is 0 Å². The van der Waals surface area contributed by atoms with Crippen LogP contribution in [0.15, 0.2) is 42.5 Å². The van der Waals surface area contributed by atoms with Gasteiger partial charge in [-0.2, -0.15) is 0 Å². The number of nitrogens with one attached hydrogen (secondary N) is 1. The van der Waals surface area contributed by atoms with E-state index >= 15 is 0 Å². The van der Waals surface area contributed by atoms with Crippen LogP contribution in [0.4, 0.5) is 0 Å². The van der Waals surface area contributed by atoms with Crippen molar-refractivity contribution in [1.29, 1.82) is 0 Å². The van der Waals surface area contributed by atoms with Crippen molar-refractivity contribution in [2.45, 2.75) is 19.9 Å². The first-order valence-electron chi connectivity index (χ1n) is 5.77. The van der Waals surface area contributed by atoms with Crippen LogP contribution in [-0.4, -0.2) is 17.0 Å². The Bertz CT molecular complexity index is 438. The molecule has 4 nitrogen and oxygen atoms in total. The lowest BCUT2D eigenvalue weighted by atomic mass is 10.1. The first kappa shape index (κ1) is 14.0. The molecule has 0 aliphatic rings. The molecule has 18 heavy (non-hydrogen) atoms. The van der Waals surface area contributed by atoms with E-state index in [1.165, 1.54) is 6.08 Å².